The second-order valence-electron chi connectivity index (χ2n) is 7.16. The molecule has 1 aliphatic rings. The molecule has 1 aromatic rings. The summed E-state index contributed by atoms with van der Waals surface area (Å²) >= 11 is 0. The SMILES string of the molecule is COc1ccc(NC2CC(C)(C)N(C)C(C)(C)C2)cc1. The van der Waals surface area contributed by atoms with Crippen molar-refractivity contribution in [2.24, 2.45) is 0 Å². The van der Waals surface area contributed by atoms with E-state index in [0.29, 0.717) is 6.04 Å². The average molecular weight is 276 g/mol. The van der Waals surface area contributed by atoms with Gasteiger partial charge in [0.2, 0.25) is 0 Å². The number of ether oxygens (including phenoxy) is 1. The zero-order valence-corrected chi connectivity index (χ0v) is 13.7. The van der Waals surface area contributed by atoms with Crippen LogP contribution in [-0.2, 0) is 0 Å². The third-order valence-corrected chi connectivity index (χ3v) is 4.77. The highest BCUT2D eigenvalue weighted by Crippen LogP contribution is 2.38. The van der Waals surface area contributed by atoms with Crippen LogP contribution >= 0.6 is 0 Å². The van der Waals surface area contributed by atoms with Crippen LogP contribution in [0.2, 0.25) is 0 Å². The monoisotopic (exact) mass is 276 g/mol. The minimum atomic E-state index is 0.214. The number of methoxy groups -OCH3 is 1. The Bertz CT molecular complexity index is 433. The molecule has 1 saturated heterocycles. The Labute approximate surface area is 123 Å². The average Bonchev–Trinajstić information content (AvgIpc) is 2.36. The highest BCUT2D eigenvalue weighted by molar-refractivity contribution is 5.47. The molecule has 0 saturated carbocycles. The van der Waals surface area contributed by atoms with E-state index in [1.807, 2.05) is 12.1 Å². The number of likely N-dealkylation sites (tertiary alicyclic amines) is 1. The molecule has 0 bridgehead atoms. The lowest BCUT2D eigenvalue weighted by molar-refractivity contribution is -0.00767. The van der Waals surface area contributed by atoms with Crippen molar-refractivity contribution in [1.29, 1.82) is 0 Å². The summed E-state index contributed by atoms with van der Waals surface area (Å²) in [5, 5.41) is 3.68. The van der Waals surface area contributed by atoms with Crippen LogP contribution in [0, 0.1) is 0 Å². The quantitative estimate of drug-likeness (QED) is 0.909. The summed E-state index contributed by atoms with van der Waals surface area (Å²) in [5.74, 6) is 0.902. The lowest BCUT2D eigenvalue weighted by Gasteiger charge is -2.53. The van der Waals surface area contributed by atoms with Gasteiger partial charge in [0, 0.05) is 22.8 Å². The summed E-state index contributed by atoms with van der Waals surface area (Å²) in [6, 6.07) is 8.71. The van der Waals surface area contributed by atoms with E-state index >= 15 is 0 Å². The highest BCUT2D eigenvalue weighted by Gasteiger charge is 2.42. The number of hydrogen-bond donors (Lipinski definition) is 1. The van der Waals surface area contributed by atoms with E-state index in [2.05, 4.69) is 57.1 Å². The van der Waals surface area contributed by atoms with Crippen molar-refractivity contribution in [1.82, 2.24) is 4.90 Å². The van der Waals surface area contributed by atoms with Crippen LogP contribution < -0.4 is 10.1 Å². The second-order valence-corrected chi connectivity index (χ2v) is 7.16. The van der Waals surface area contributed by atoms with Crippen LogP contribution in [0.5, 0.6) is 5.75 Å². The van der Waals surface area contributed by atoms with Gasteiger partial charge in [-0.3, -0.25) is 4.90 Å². The Balaban J connectivity index is 2.09. The molecule has 112 valence electrons. The predicted octanol–water partition coefficient (Wildman–Crippen LogP) is 3.76. The van der Waals surface area contributed by atoms with E-state index < -0.39 is 0 Å². The molecular weight excluding hydrogens is 248 g/mol. The summed E-state index contributed by atoms with van der Waals surface area (Å²) in [5.41, 5.74) is 1.60. The lowest BCUT2D eigenvalue weighted by Crippen LogP contribution is -2.61. The topological polar surface area (TPSA) is 24.5 Å². The molecule has 1 aromatic carbocycles. The molecule has 3 nitrogen and oxygen atoms in total. The van der Waals surface area contributed by atoms with E-state index in [9.17, 15) is 0 Å². The van der Waals surface area contributed by atoms with E-state index in [4.69, 9.17) is 4.74 Å². The molecule has 0 radical (unpaired) electrons. The Morgan fingerprint density at radius 2 is 1.55 bits per heavy atom. The molecule has 2 rings (SSSR count). The molecule has 0 aliphatic carbocycles. The van der Waals surface area contributed by atoms with E-state index in [1.165, 1.54) is 5.69 Å². The number of anilines is 1. The van der Waals surface area contributed by atoms with Gasteiger partial charge in [0.05, 0.1) is 7.11 Å². The zero-order chi connectivity index (χ0) is 15.0. The first kappa shape index (κ1) is 15.2. The van der Waals surface area contributed by atoms with E-state index in [1.54, 1.807) is 7.11 Å². The molecule has 3 heteroatoms. The largest absolute Gasteiger partial charge is 0.497 e. The number of nitrogens with one attached hydrogen (secondary N) is 1. The van der Waals surface area contributed by atoms with Crippen LogP contribution in [0.15, 0.2) is 24.3 Å². The molecular formula is C17H28N2O. The fourth-order valence-electron chi connectivity index (χ4n) is 3.40. The van der Waals surface area contributed by atoms with Crippen molar-refractivity contribution < 1.29 is 4.74 Å². The van der Waals surface area contributed by atoms with Gasteiger partial charge >= 0.3 is 0 Å². The highest BCUT2D eigenvalue weighted by atomic mass is 16.5. The van der Waals surface area contributed by atoms with E-state index in [0.717, 1.165) is 18.6 Å². The third kappa shape index (κ3) is 3.09. The standard InChI is InChI=1S/C17H28N2O/c1-16(2)11-14(12-17(3,4)19(16)5)18-13-7-9-15(20-6)10-8-13/h7-10,14,18H,11-12H2,1-6H3. The Morgan fingerprint density at radius 1 is 1.05 bits per heavy atom. The summed E-state index contributed by atoms with van der Waals surface area (Å²) in [6.07, 6.45) is 2.30. The molecule has 0 atom stereocenters. The first-order valence-corrected chi connectivity index (χ1v) is 7.39. The van der Waals surface area contributed by atoms with Gasteiger partial charge in [-0.2, -0.15) is 0 Å². The van der Waals surface area contributed by atoms with Gasteiger partial charge in [0.15, 0.2) is 0 Å². The number of hydrogen-bond acceptors (Lipinski definition) is 3. The maximum atomic E-state index is 5.20. The first-order chi connectivity index (χ1) is 9.24. The van der Waals surface area contributed by atoms with Crippen molar-refractivity contribution >= 4 is 5.69 Å². The van der Waals surface area contributed by atoms with Crippen molar-refractivity contribution in [2.45, 2.75) is 57.7 Å². The molecule has 1 heterocycles. The van der Waals surface area contributed by atoms with Gasteiger partial charge < -0.3 is 10.1 Å². The predicted molar refractivity (Wildman–Crippen MR) is 85.6 cm³/mol. The van der Waals surface area contributed by atoms with Gasteiger partial charge in [0.1, 0.15) is 5.75 Å². The smallest absolute Gasteiger partial charge is 0.119 e. The molecule has 1 N–H and O–H groups in total. The minimum Gasteiger partial charge on any atom is -0.497 e. The van der Waals surface area contributed by atoms with Crippen molar-refractivity contribution in [3.63, 3.8) is 0 Å². The van der Waals surface area contributed by atoms with Crippen molar-refractivity contribution in [3.05, 3.63) is 24.3 Å². The number of piperidine rings is 1. The minimum absolute atomic E-state index is 0.214. The summed E-state index contributed by atoms with van der Waals surface area (Å²) < 4.78 is 5.20. The van der Waals surface area contributed by atoms with Gasteiger partial charge in [-0.25, -0.2) is 0 Å². The Kier molecular flexibility index (Phi) is 4.01. The molecule has 0 aromatic heterocycles. The van der Waals surface area contributed by atoms with Crippen LogP contribution in [0.4, 0.5) is 5.69 Å². The van der Waals surface area contributed by atoms with Gasteiger partial charge in [-0.05, 0) is 71.8 Å². The fourth-order valence-corrected chi connectivity index (χ4v) is 3.40. The van der Waals surface area contributed by atoms with Crippen LogP contribution in [-0.4, -0.2) is 36.2 Å². The second kappa shape index (κ2) is 5.28. The number of nitrogens with zero attached hydrogens (tertiary/aromatic N) is 1. The molecule has 0 spiro atoms. The molecule has 1 fully saturated rings. The molecule has 20 heavy (non-hydrogen) atoms. The van der Waals surface area contributed by atoms with Gasteiger partial charge in [-0.15, -0.1) is 0 Å². The van der Waals surface area contributed by atoms with Crippen molar-refractivity contribution in [2.75, 3.05) is 19.5 Å². The molecule has 0 unspecified atom stereocenters. The fraction of sp³-hybridized carbons (Fsp3) is 0.647. The number of rotatable bonds is 3. The summed E-state index contributed by atoms with van der Waals surface area (Å²) in [7, 11) is 3.94. The van der Waals surface area contributed by atoms with E-state index in [-0.39, 0.29) is 11.1 Å². The summed E-state index contributed by atoms with van der Waals surface area (Å²) in [6.45, 7) is 9.32. The first-order valence-electron chi connectivity index (χ1n) is 7.39. The normalized spacial score (nSPS) is 22.5. The van der Waals surface area contributed by atoms with Crippen molar-refractivity contribution in [3.8, 4) is 5.75 Å². The van der Waals surface area contributed by atoms with Gasteiger partial charge in [0.25, 0.3) is 0 Å². The van der Waals surface area contributed by atoms with Crippen LogP contribution in [0.3, 0.4) is 0 Å². The maximum absolute atomic E-state index is 5.20. The Hall–Kier alpha value is -1.22. The lowest BCUT2D eigenvalue weighted by atomic mass is 9.77. The van der Waals surface area contributed by atoms with Crippen LogP contribution in [0.1, 0.15) is 40.5 Å². The Morgan fingerprint density at radius 3 is 2.00 bits per heavy atom. The summed E-state index contributed by atoms with van der Waals surface area (Å²) in [4.78, 5) is 2.51. The number of benzene rings is 1. The zero-order valence-electron chi connectivity index (χ0n) is 13.7. The maximum Gasteiger partial charge on any atom is 0.119 e. The van der Waals surface area contributed by atoms with Crippen LogP contribution in [0.25, 0.3) is 0 Å². The van der Waals surface area contributed by atoms with Gasteiger partial charge in [-0.1, -0.05) is 0 Å². The molecule has 0 amide bonds. The molecule has 1 aliphatic heterocycles. The third-order valence-electron chi connectivity index (χ3n) is 4.77.